The molecule has 0 radical (unpaired) electrons. The third kappa shape index (κ3) is 1.63. The highest BCUT2D eigenvalue weighted by Gasteiger charge is 2.12. The summed E-state index contributed by atoms with van der Waals surface area (Å²) in [5.41, 5.74) is 3.01. The van der Waals surface area contributed by atoms with Crippen molar-refractivity contribution in [3.8, 4) is 22.6 Å². The van der Waals surface area contributed by atoms with Crippen molar-refractivity contribution in [2.75, 3.05) is 0 Å². The molecule has 0 atom stereocenters. The molecular formula is C14H14O2. The van der Waals surface area contributed by atoms with Crippen molar-refractivity contribution in [3.63, 3.8) is 0 Å². The molecule has 2 aromatic carbocycles. The van der Waals surface area contributed by atoms with E-state index in [0.717, 1.165) is 16.7 Å². The molecule has 0 spiro atoms. The largest absolute Gasteiger partial charge is 0.507 e. The SMILES string of the molecule is Cc1cc(-c2ccccc2)c(O)c(C)c1O. The zero-order valence-electron chi connectivity index (χ0n) is 9.36. The summed E-state index contributed by atoms with van der Waals surface area (Å²) >= 11 is 0. The number of aryl methyl sites for hydroxylation is 1. The molecule has 0 unspecified atom stereocenters. The maximum atomic E-state index is 10.00. The fraction of sp³-hybridized carbons (Fsp3) is 0.143. The van der Waals surface area contributed by atoms with E-state index < -0.39 is 0 Å². The monoisotopic (exact) mass is 214 g/mol. The van der Waals surface area contributed by atoms with Crippen molar-refractivity contribution in [1.29, 1.82) is 0 Å². The average Bonchev–Trinajstić information content (AvgIpc) is 2.32. The van der Waals surface area contributed by atoms with Gasteiger partial charge in [0.25, 0.3) is 0 Å². The van der Waals surface area contributed by atoms with Crippen molar-refractivity contribution in [2.45, 2.75) is 13.8 Å². The standard InChI is InChI=1S/C14H14O2/c1-9-8-12(11-6-4-3-5-7-11)14(16)10(2)13(9)15/h3-8,15-16H,1-2H3. The Balaban J connectivity index is 2.68. The second-order valence-corrected chi connectivity index (χ2v) is 3.93. The van der Waals surface area contributed by atoms with Crippen LogP contribution in [0.2, 0.25) is 0 Å². The summed E-state index contributed by atoms with van der Waals surface area (Å²) in [5, 5.41) is 19.7. The van der Waals surface area contributed by atoms with Crippen molar-refractivity contribution < 1.29 is 10.2 Å². The van der Waals surface area contributed by atoms with Crippen molar-refractivity contribution >= 4 is 0 Å². The number of hydrogen-bond donors (Lipinski definition) is 2. The lowest BCUT2D eigenvalue weighted by Gasteiger charge is -2.11. The van der Waals surface area contributed by atoms with Crippen LogP contribution in [0.5, 0.6) is 11.5 Å². The third-order valence-electron chi connectivity index (χ3n) is 2.78. The lowest BCUT2D eigenvalue weighted by molar-refractivity contribution is 0.442. The second-order valence-electron chi connectivity index (χ2n) is 3.93. The molecule has 2 nitrogen and oxygen atoms in total. The molecule has 0 aliphatic heterocycles. The predicted molar refractivity (Wildman–Crippen MR) is 64.7 cm³/mol. The van der Waals surface area contributed by atoms with Crippen LogP contribution in [0.25, 0.3) is 11.1 Å². The first-order chi connectivity index (χ1) is 7.61. The number of hydrogen-bond acceptors (Lipinski definition) is 2. The number of aromatic hydroxyl groups is 2. The fourth-order valence-electron chi connectivity index (χ4n) is 1.80. The summed E-state index contributed by atoms with van der Waals surface area (Å²) in [5.74, 6) is 0.312. The summed E-state index contributed by atoms with van der Waals surface area (Å²) in [6.45, 7) is 3.54. The van der Waals surface area contributed by atoms with Gasteiger partial charge in [-0.2, -0.15) is 0 Å². The van der Waals surface area contributed by atoms with E-state index in [1.54, 1.807) is 13.0 Å². The van der Waals surface area contributed by atoms with Crippen LogP contribution in [-0.2, 0) is 0 Å². The molecule has 0 fully saturated rings. The lowest BCUT2D eigenvalue weighted by Crippen LogP contribution is -1.86. The van der Waals surface area contributed by atoms with E-state index in [1.807, 2.05) is 37.3 Å². The molecule has 0 bridgehead atoms. The number of rotatable bonds is 1. The van der Waals surface area contributed by atoms with E-state index in [4.69, 9.17) is 0 Å². The van der Waals surface area contributed by atoms with Crippen molar-refractivity contribution in [3.05, 3.63) is 47.5 Å². The van der Waals surface area contributed by atoms with Gasteiger partial charge in [-0.1, -0.05) is 30.3 Å². The zero-order chi connectivity index (χ0) is 11.7. The van der Waals surface area contributed by atoms with Crippen molar-refractivity contribution in [1.82, 2.24) is 0 Å². The molecular weight excluding hydrogens is 200 g/mol. The van der Waals surface area contributed by atoms with Gasteiger partial charge in [-0.25, -0.2) is 0 Å². The Morgan fingerprint density at radius 2 is 1.50 bits per heavy atom. The van der Waals surface area contributed by atoms with Gasteiger partial charge in [0.2, 0.25) is 0 Å². The number of benzene rings is 2. The predicted octanol–water partition coefficient (Wildman–Crippen LogP) is 3.38. The normalized spacial score (nSPS) is 10.4. The smallest absolute Gasteiger partial charge is 0.130 e. The van der Waals surface area contributed by atoms with Crippen LogP contribution in [0.3, 0.4) is 0 Å². The van der Waals surface area contributed by atoms with Crippen LogP contribution in [0, 0.1) is 13.8 Å². The highest BCUT2D eigenvalue weighted by molar-refractivity contribution is 5.74. The molecule has 16 heavy (non-hydrogen) atoms. The highest BCUT2D eigenvalue weighted by Crippen LogP contribution is 2.38. The van der Waals surface area contributed by atoms with Crippen LogP contribution in [0.1, 0.15) is 11.1 Å². The molecule has 82 valence electrons. The van der Waals surface area contributed by atoms with Gasteiger partial charge < -0.3 is 10.2 Å². The van der Waals surface area contributed by atoms with E-state index in [9.17, 15) is 10.2 Å². The molecule has 0 saturated heterocycles. The summed E-state index contributed by atoms with van der Waals surface area (Å²) in [7, 11) is 0. The molecule has 2 aromatic rings. The van der Waals surface area contributed by atoms with Gasteiger partial charge in [0.15, 0.2) is 0 Å². The van der Waals surface area contributed by atoms with Gasteiger partial charge in [0.05, 0.1) is 0 Å². The number of phenolic OH excluding ortho intramolecular Hbond substituents is 2. The average molecular weight is 214 g/mol. The summed E-state index contributed by atoms with van der Waals surface area (Å²) in [4.78, 5) is 0. The summed E-state index contributed by atoms with van der Waals surface area (Å²) in [6.07, 6.45) is 0. The maximum Gasteiger partial charge on any atom is 0.130 e. The summed E-state index contributed by atoms with van der Waals surface area (Å²) in [6, 6.07) is 11.4. The first-order valence-corrected chi connectivity index (χ1v) is 5.19. The van der Waals surface area contributed by atoms with Crippen LogP contribution in [-0.4, -0.2) is 10.2 Å². The molecule has 0 amide bonds. The van der Waals surface area contributed by atoms with Gasteiger partial charge in [-0.15, -0.1) is 0 Å². The van der Waals surface area contributed by atoms with Crippen LogP contribution in [0.15, 0.2) is 36.4 Å². The quantitative estimate of drug-likeness (QED) is 0.764. The Morgan fingerprint density at radius 3 is 2.12 bits per heavy atom. The molecule has 2 rings (SSSR count). The topological polar surface area (TPSA) is 40.5 Å². The minimum absolute atomic E-state index is 0.148. The van der Waals surface area contributed by atoms with Crippen molar-refractivity contribution in [2.24, 2.45) is 0 Å². The molecule has 0 saturated carbocycles. The van der Waals surface area contributed by atoms with E-state index in [2.05, 4.69) is 0 Å². The minimum Gasteiger partial charge on any atom is -0.507 e. The molecule has 2 heteroatoms. The van der Waals surface area contributed by atoms with Gasteiger partial charge in [0, 0.05) is 11.1 Å². The zero-order valence-corrected chi connectivity index (χ0v) is 9.36. The van der Waals surface area contributed by atoms with Crippen LogP contribution >= 0.6 is 0 Å². The lowest BCUT2D eigenvalue weighted by atomic mass is 9.98. The molecule has 0 heterocycles. The Labute approximate surface area is 94.8 Å². The van der Waals surface area contributed by atoms with Gasteiger partial charge in [0.1, 0.15) is 11.5 Å². The Kier molecular flexibility index (Phi) is 2.57. The van der Waals surface area contributed by atoms with Gasteiger partial charge >= 0.3 is 0 Å². The third-order valence-corrected chi connectivity index (χ3v) is 2.78. The minimum atomic E-state index is 0.148. The van der Waals surface area contributed by atoms with Crippen LogP contribution in [0.4, 0.5) is 0 Å². The van der Waals surface area contributed by atoms with Gasteiger partial charge in [-0.05, 0) is 31.0 Å². The second kappa shape index (κ2) is 3.89. The Bertz CT molecular complexity index is 516. The molecule has 0 aliphatic rings. The van der Waals surface area contributed by atoms with E-state index >= 15 is 0 Å². The van der Waals surface area contributed by atoms with Crippen LogP contribution < -0.4 is 0 Å². The van der Waals surface area contributed by atoms with E-state index in [0.29, 0.717) is 5.56 Å². The highest BCUT2D eigenvalue weighted by atomic mass is 16.3. The fourth-order valence-corrected chi connectivity index (χ4v) is 1.80. The first kappa shape index (κ1) is 10.6. The molecule has 0 aromatic heterocycles. The Hall–Kier alpha value is -1.96. The Morgan fingerprint density at radius 1 is 0.875 bits per heavy atom. The van der Waals surface area contributed by atoms with E-state index in [-0.39, 0.29) is 11.5 Å². The first-order valence-electron chi connectivity index (χ1n) is 5.19. The van der Waals surface area contributed by atoms with E-state index in [1.165, 1.54) is 0 Å². The molecule has 0 aliphatic carbocycles. The summed E-state index contributed by atoms with van der Waals surface area (Å²) < 4.78 is 0. The maximum absolute atomic E-state index is 10.00. The van der Waals surface area contributed by atoms with Gasteiger partial charge in [-0.3, -0.25) is 0 Å². The number of phenols is 2. The molecule has 2 N–H and O–H groups in total.